The van der Waals surface area contributed by atoms with Gasteiger partial charge in [-0.1, -0.05) is 26.0 Å². The lowest BCUT2D eigenvalue weighted by Crippen LogP contribution is -2.51. The van der Waals surface area contributed by atoms with Crippen molar-refractivity contribution in [2.24, 2.45) is 5.92 Å². The summed E-state index contributed by atoms with van der Waals surface area (Å²) in [6, 6.07) is 11.5. The normalized spacial score (nSPS) is 21.7. The fourth-order valence-corrected chi connectivity index (χ4v) is 6.90. The molecular formula is C33H46N8O5. The summed E-state index contributed by atoms with van der Waals surface area (Å²) in [5.74, 6) is 1.39. The van der Waals surface area contributed by atoms with E-state index in [9.17, 15) is 15.0 Å². The van der Waals surface area contributed by atoms with Crippen LogP contribution in [0, 0.1) is 5.92 Å². The van der Waals surface area contributed by atoms with E-state index < -0.39 is 12.0 Å². The molecule has 0 bridgehead atoms. The zero-order chi connectivity index (χ0) is 32.2. The molecule has 1 aromatic carbocycles. The number of aliphatic hydroxyl groups excluding tert-OH is 1. The quantitative estimate of drug-likeness (QED) is 0.285. The third-order valence-electron chi connectivity index (χ3n) is 9.49. The molecule has 3 fully saturated rings. The number of amides is 1. The van der Waals surface area contributed by atoms with Crippen molar-refractivity contribution in [3.63, 3.8) is 0 Å². The Morgan fingerprint density at radius 2 is 1.87 bits per heavy atom. The highest BCUT2D eigenvalue weighted by molar-refractivity contribution is 5.83. The van der Waals surface area contributed by atoms with Crippen molar-refractivity contribution in [3.05, 3.63) is 42.2 Å². The van der Waals surface area contributed by atoms with Crippen LogP contribution in [0.1, 0.15) is 38.4 Å². The van der Waals surface area contributed by atoms with Crippen LogP contribution in [0.4, 0.5) is 11.5 Å². The van der Waals surface area contributed by atoms with Gasteiger partial charge in [-0.3, -0.25) is 14.6 Å². The van der Waals surface area contributed by atoms with Crippen LogP contribution in [0.25, 0.3) is 11.3 Å². The van der Waals surface area contributed by atoms with Crippen LogP contribution in [0.5, 0.6) is 11.6 Å². The second-order valence-electron chi connectivity index (χ2n) is 12.9. The molecule has 0 saturated carbocycles. The standard InChI is InChI=1S/C33H46N8O5/c1-22(2)31(33(44)41-11-9-24(42)21-41)29-19-30(37-46-29)45-17-16-38-10-8-23(20-38)39-12-14-40(15-13-39)27-18-26(35-36-32(27)34-3)25-6-4-5-7-28(25)43/h4-7,18-19,22-24,31,42-43H,8-17,20-21H2,1-3H3,(H,34,36)/t23?,24-,31-/m1/s1. The molecule has 3 aromatic rings. The molecule has 6 rings (SSSR count). The minimum atomic E-state index is -0.457. The number of hydrogen-bond donors (Lipinski definition) is 3. The van der Waals surface area contributed by atoms with Crippen molar-refractivity contribution in [2.75, 3.05) is 82.8 Å². The molecule has 3 atom stereocenters. The van der Waals surface area contributed by atoms with E-state index in [1.165, 1.54) is 0 Å². The number of β-amino-alcohol motifs (C(OH)–C–C–N with tert-alkyl or cyclic N) is 1. The van der Waals surface area contributed by atoms with Crippen LogP contribution in [-0.4, -0.2) is 131 Å². The van der Waals surface area contributed by atoms with Crippen LogP contribution in [0.15, 0.2) is 40.9 Å². The molecule has 1 unspecified atom stereocenters. The van der Waals surface area contributed by atoms with Crippen LogP contribution in [0.2, 0.25) is 0 Å². The molecule has 13 nitrogen and oxygen atoms in total. The molecule has 5 heterocycles. The molecule has 3 aliphatic rings. The average molecular weight is 635 g/mol. The lowest BCUT2D eigenvalue weighted by atomic mass is 9.92. The highest BCUT2D eigenvalue weighted by Crippen LogP contribution is 2.33. The van der Waals surface area contributed by atoms with Crippen LogP contribution in [-0.2, 0) is 4.79 Å². The number of anilines is 2. The number of likely N-dealkylation sites (tertiary alicyclic amines) is 2. The van der Waals surface area contributed by atoms with Crippen LogP contribution in [0.3, 0.4) is 0 Å². The summed E-state index contributed by atoms with van der Waals surface area (Å²) >= 11 is 0. The van der Waals surface area contributed by atoms with E-state index in [4.69, 9.17) is 9.26 Å². The van der Waals surface area contributed by atoms with Gasteiger partial charge in [0.1, 0.15) is 18.3 Å². The van der Waals surface area contributed by atoms with E-state index in [0.29, 0.717) is 55.1 Å². The summed E-state index contributed by atoms with van der Waals surface area (Å²) in [7, 11) is 1.85. The first kappa shape index (κ1) is 32.0. The number of nitrogens with zero attached hydrogens (tertiary/aromatic N) is 7. The Kier molecular flexibility index (Phi) is 9.90. The molecule has 248 valence electrons. The number of piperazine rings is 1. The summed E-state index contributed by atoms with van der Waals surface area (Å²) in [6.45, 7) is 11.9. The predicted octanol–water partition coefficient (Wildman–Crippen LogP) is 2.49. The Labute approximate surface area is 270 Å². The predicted molar refractivity (Wildman–Crippen MR) is 174 cm³/mol. The van der Waals surface area contributed by atoms with Gasteiger partial charge in [-0.25, -0.2) is 0 Å². The highest BCUT2D eigenvalue weighted by Gasteiger charge is 2.36. The van der Waals surface area contributed by atoms with Crippen molar-refractivity contribution in [2.45, 2.75) is 44.8 Å². The number of carbonyl (C=O) groups is 1. The van der Waals surface area contributed by atoms with E-state index in [1.807, 2.05) is 39.1 Å². The van der Waals surface area contributed by atoms with Crippen molar-refractivity contribution in [3.8, 4) is 22.9 Å². The molecule has 1 amide bonds. The first-order valence-electron chi connectivity index (χ1n) is 16.4. The second-order valence-corrected chi connectivity index (χ2v) is 12.9. The number of aliphatic hydroxyl groups is 1. The summed E-state index contributed by atoms with van der Waals surface area (Å²) in [5.41, 5.74) is 2.32. The molecular weight excluding hydrogens is 588 g/mol. The molecule has 46 heavy (non-hydrogen) atoms. The van der Waals surface area contributed by atoms with Crippen molar-refractivity contribution >= 4 is 17.4 Å². The Hall–Kier alpha value is -3.94. The smallest absolute Gasteiger partial charge is 0.254 e. The van der Waals surface area contributed by atoms with Gasteiger partial charge in [0, 0.05) is 77.1 Å². The second kappa shape index (κ2) is 14.2. The number of aromatic nitrogens is 3. The van der Waals surface area contributed by atoms with Crippen LogP contribution < -0.4 is 15.0 Å². The molecule has 3 saturated heterocycles. The zero-order valence-electron chi connectivity index (χ0n) is 27.0. The number of hydrogen-bond acceptors (Lipinski definition) is 12. The van der Waals surface area contributed by atoms with E-state index in [-0.39, 0.29) is 17.6 Å². The average Bonchev–Trinajstić information content (AvgIpc) is 3.83. The molecule has 3 N–H and O–H groups in total. The van der Waals surface area contributed by atoms with Gasteiger partial charge < -0.3 is 34.6 Å². The third kappa shape index (κ3) is 7.06. The number of ether oxygens (including phenoxy) is 1. The van der Waals surface area contributed by atoms with Gasteiger partial charge in [-0.05, 0) is 48.7 Å². The van der Waals surface area contributed by atoms with Gasteiger partial charge in [0.2, 0.25) is 5.91 Å². The van der Waals surface area contributed by atoms with Gasteiger partial charge >= 0.3 is 0 Å². The SMILES string of the molecule is CNc1nnc(-c2ccccc2O)cc1N1CCN(C2CCN(CCOc3cc([C@H](C(=O)N4CC[C@@H](O)C4)C(C)C)on3)C2)CC1. The summed E-state index contributed by atoms with van der Waals surface area (Å²) in [6.07, 6.45) is 1.27. The Morgan fingerprint density at radius 3 is 2.59 bits per heavy atom. The number of phenolic OH excluding ortho intramolecular Hbond substituents is 1. The minimum absolute atomic E-state index is 0.0300. The summed E-state index contributed by atoms with van der Waals surface area (Å²) < 4.78 is 11.5. The van der Waals surface area contributed by atoms with Crippen LogP contribution >= 0.6 is 0 Å². The monoisotopic (exact) mass is 634 g/mol. The van der Waals surface area contributed by atoms with Crippen molar-refractivity contribution in [1.82, 2.24) is 30.1 Å². The molecule has 3 aliphatic heterocycles. The largest absolute Gasteiger partial charge is 0.507 e. The fraction of sp³-hybridized carbons (Fsp3) is 0.576. The maximum Gasteiger partial charge on any atom is 0.254 e. The van der Waals surface area contributed by atoms with Gasteiger partial charge in [-0.15, -0.1) is 10.2 Å². The van der Waals surface area contributed by atoms with E-state index >= 15 is 0 Å². The number of carbonyl (C=O) groups excluding carboxylic acids is 1. The topological polar surface area (TPSA) is 144 Å². The number of benzene rings is 1. The first-order valence-corrected chi connectivity index (χ1v) is 16.4. The Bertz CT molecular complexity index is 1480. The third-order valence-corrected chi connectivity index (χ3v) is 9.49. The first-order chi connectivity index (χ1) is 22.3. The number of nitrogens with one attached hydrogen (secondary N) is 1. The lowest BCUT2D eigenvalue weighted by Gasteiger charge is -2.39. The molecule has 0 radical (unpaired) electrons. The molecule has 0 aliphatic carbocycles. The maximum absolute atomic E-state index is 13.1. The molecule has 2 aromatic heterocycles. The van der Waals surface area contributed by atoms with Gasteiger partial charge in [0.15, 0.2) is 11.6 Å². The van der Waals surface area contributed by atoms with Gasteiger partial charge in [0.25, 0.3) is 5.88 Å². The number of phenols is 1. The maximum atomic E-state index is 13.1. The Morgan fingerprint density at radius 1 is 1.07 bits per heavy atom. The Balaban J connectivity index is 0.973. The van der Waals surface area contributed by atoms with Crippen molar-refractivity contribution < 1.29 is 24.3 Å². The number of para-hydroxylation sites is 1. The van der Waals surface area contributed by atoms with Crippen molar-refractivity contribution in [1.29, 1.82) is 0 Å². The summed E-state index contributed by atoms with van der Waals surface area (Å²) in [4.78, 5) is 22.2. The fourth-order valence-electron chi connectivity index (χ4n) is 6.90. The van der Waals surface area contributed by atoms with Gasteiger partial charge in [0.05, 0.1) is 17.5 Å². The number of aromatic hydroxyl groups is 1. The zero-order valence-corrected chi connectivity index (χ0v) is 27.0. The number of rotatable bonds is 11. The van der Waals surface area contributed by atoms with E-state index in [2.05, 4.69) is 35.4 Å². The highest BCUT2D eigenvalue weighted by atomic mass is 16.5. The minimum Gasteiger partial charge on any atom is -0.507 e. The molecule has 13 heteroatoms. The van der Waals surface area contributed by atoms with E-state index in [1.54, 1.807) is 23.1 Å². The lowest BCUT2D eigenvalue weighted by molar-refractivity contribution is -0.133. The van der Waals surface area contributed by atoms with E-state index in [0.717, 1.165) is 63.7 Å². The summed E-state index contributed by atoms with van der Waals surface area (Å²) in [5, 5.41) is 36.2. The molecule has 0 spiro atoms. The van der Waals surface area contributed by atoms with Gasteiger partial charge in [-0.2, -0.15) is 0 Å².